The maximum absolute atomic E-state index is 10.8. The molecule has 0 unspecified atom stereocenters. The van der Waals surface area contributed by atoms with Crippen molar-refractivity contribution < 1.29 is 4.79 Å². The van der Waals surface area contributed by atoms with Crippen LogP contribution in [0.25, 0.3) is 0 Å². The summed E-state index contributed by atoms with van der Waals surface area (Å²) in [5.41, 5.74) is 1.28. The van der Waals surface area contributed by atoms with Crippen molar-refractivity contribution >= 4 is 21.7 Å². The molecule has 0 saturated carbocycles. The van der Waals surface area contributed by atoms with E-state index >= 15 is 0 Å². The van der Waals surface area contributed by atoms with E-state index in [0.717, 1.165) is 17.3 Å². The van der Waals surface area contributed by atoms with Gasteiger partial charge in [0, 0.05) is 6.42 Å². The van der Waals surface area contributed by atoms with Crippen molar-refractivity contribution in [2.45, 2.75) is 26.2 Å². The van der Waals surface area contributed by atoms with Crippen molar-refractivity contribution in [3.05, 3.63) is 10.1 Å². The summed E-state index contributed by atoms with van der Waals surface area (Å²) in [5, 5.41) is 0. The molecule has 0 fully saturated rings. The molecule has 0 radical (unpaired) electrons. The number of allylic oxidation sites excluding steroid dienone is 2. The largest absolute Gasteiger partial charge is 0.294 e. The molecule has 0 bridgehead atoms. The predicted molar refractivity (Wildman–Crippen MR) is 40.5 cm³/mol. The Bertz CT molecular complexity index is 170. The Kier molecular flexibility index (Phi) is 2.06. The van der Waals surface area contributed by atoms with Gasteiger partial charge in [-0.2, -0.15) is 0 Å². The minimum absolute atomic E-state index is 0.270. The highest BCUT2D eigenvalue weighted by atomic mass is 79.9. The van der Waals surface area contributed by atoms with Gasteiger partial charge in [-0.1, -0.05) is 12.5 Å². The zero-order valence-corrected chi connectivity index (χ0v) is 6.99. The minimum Gasteiger partial charge on any atom is -0.294 e. The number of Topliss-reactive ketones (excluding diaryl/α,β-unsaturated/α-hetero) is 1. The molecule has 0 atom stereocenters. The van der Waals surface area contributed by atoms with E-state index in [9.17, 15) is 4.79 Å². The van der Waals surface area contributed by atoms with Crippen molar-refractivity contribution in [1.29, 1.82) is 0 Å². The molecular formula is C7H9BrO. The Morgan fingerprint density at radius 3 is 2.44 bits per heavy atom. The van der Waals surface area contributed by atoms with Gasteiger partial charge in [0.2, 0.25) is 0 Å². The molecule has 1 nitrogen and oxygen atoms in total. The maximum Gasteiger partial charge on any atom is 0.170 e. The van der Waals surface area contributed by atoms with Gasteiger partial charge in [-0.05, 0) is 28.8 Å². The molecule has 9 heavy (non-hydrogen) atoms. The van der Waals surface area contributed by atoms with Crippen LogP contribution in [0.2, 0.25) is 0 Å². The van der Waals surface area contributed by atoms with Crippen LogP contribution >= 0.6 is 15.9 Å². The second-order valence-electron chi connectivity index (χ2n) is 2.19. The SMILES string of the molecule is CCC1=C(Br)C(=O)CC1. The van der Waals surface area contributed by atoms with Gasteiger partial charge in [0.05, 0.1) is 4.48 Å². The highest BCUT2D eigenvalue weighted by Gasteiger charge is 2.18. The molecule has 1 aliphatic carbocycles. The quantitative estimate of drug-likeness (QED) is 0.618. The Balaban J connectivity index is 2.79. The van der Waals surface area contributed by atoms with Crippen LogP contribution in [0.15, 0.2) is 10.1 Å². The summed E-state index contributed by atoms with van der Waals surface area (Å²) >= 11 is 3.26. The van der Waals surface area contributed by atoms with Crippen molar-refractivity contribution in [2.24, 2.45) is 0 Å². The van der Waals surface area contributed by atoms with Gasteiger partial charge in [0.15, 0.2) is 5.78 Å². The smallest absolute Gasteiger partial charge is 0.170 e. The highest BCUT2D eigenvalue weighted by Crippen LogP contribution is 2.28. The molecule has 2 heteroatoms. The number of halogens is 1. The number of rotatable bonds is 1. The fourth-order valence-electron chi connectivity index (χ4n) is 1.01. The lowest BCUT2D eigenvalue weighted by Gasteiger charge is -1.91. The van der Waals surface area contributed by atoms with Crippen LogP contribution < -0.4 is 0 Å². The third-order valence-electron chi connectivity index (χ3n) is 1.64. The second-order valence-corrected chi connectivity index (χ2v) is 2.99. The fraction of sp³-hybridized carbons (Fsp3) is 0.571. The monoisotopic (exact) mass is 188 g/mol. The van der Waals surface area contributed by atoms with Crippen molar-refractivity contribution in [2.75, 3.05) is 0 Å². The van der Waals surface area contributed by atoms with Gasteiger partial charge in [0.25, 0.3) is 0 Å². The van der Waals surface area contributed by atoms with Crippen molar-refractivity contribution in [3.63, 3.8) is 0 Å². The van der Waals surface area contributed by atoms with E-state index in [2.05, 4.69) is 22.9 Å². The van der Waals surface area contributed by atoms with E-state index in [-0.39, 0.29) is 5.78 Å². The maximum atomic E-state index is 10.8. The molecule has 0 saturated heterocycles. The summed E-state index contributed by atoms with van der Waals surface area (Å²) in [6.45, 7) is 2.08. The Hall–Kier alpha value is -0.110. The van der Waals surface area contributed by atoms with E-state index in [4.69, 9.17) is 0 Å². The molecular weight excluding hydrogens is 180 g/mol. The van der Waals surface area contributed by atoms with Gasteiger partial charge in [-0.15, -0.1) is 0 Å². The third-order valence-corrected chi connectivity index (χ3v) is 2.64. The molecule has 0 spiro atoms. The van der Waals surface area contributed by atoms with Gasteiger partial charge < -0.3 is 0 Å². The molecule has 0 heterocycles. The normalized spacial score (nSPS) is 19.6. The van der Waals surface area contributed by atoms with Crippen LogP contribution in [0.4, 0.5) is 0 Å². The predicted octanol–water partition coefficient (Wildman–Crippen LogP) is 2.41. The Morgan fingerprint density at radius 2 is 2.22 bits per heavy atom. The van der Waals surface area contributed by atoms with Gasteiger partial charge in [0.1, 0.15) is 0 Å². The van der Waals surface area contributed by atoms with Crippen molar-refractivity contribution in [3.8, 4) is 0 Å². The first-order valence-electron chi connectivity index (χ1n) is 3.16. The molecule has 0 aromatic heterocycles. The third kappa shape index (κ3) is 1.23. The number of carbonyl (C=O) groups is 1. The van der Waals surface area contributed by atoms with Crippen LogP contribution in [0.1, 0.15) is 26.2 Å². The average Bonchev–Trinajstić information content (AvgIpc) is 2.15. The van der Waals surface area contributed by atoms with Crippen molar-refractivity contribution in [1.82, 2.24) is 0 Å². The van der Waals surface area contributed by atoms with Crippen LogP contribution in [-0.2, 0) is 4.79 Å². The summed E-state index contributed by atoms with van der Waals surface area (Å²) in [5.74, 6) is 0.270. The lowest BCUT2D eigenvalue weighted by Crippen LogP contribution is -1.86. The van der Waals surface area contributed by atoms with E-state index in [0.29, 0.717) is 6.42 Å². The van der Waals surface area contributed by atoms with Crippen LogP contribution in [0.5, 0.6) is 0 Å². The van der Waals surface area contributed by atoms with Gasteiger partial charge in [-0.25, -0.2) is 0 Å². The number of hydrogen-bond acceptors (Lipinski definition) is 1. The molecule has 50 valence electrons. The number of carbonyl (C=O) groups excluding carboxylic acids is 1. The standard InChI is InChI=1S/C7H9BrO/c1-2-5-3-4-6(9)7(5)8/h2-4H2,1H3. The summed E-state index contributed by atoms with van der Waals surface area (Å²) in [6, 6.07) is 0. The zero-order valence-electron chi connectivity index (χ0n) is 5.41. The first kappa shape index (κ1) is 7.00. The van der Waals surface area contributed by atoms with Gasteiger partial charge >= 0.3 is 0 Å². The van der Waals surface area contributed by atoms with E-state index in [1.807, 2.05) is 0 Å². The minimum atomic E-state index is 0.270. The van der Waals surface area contributed by atoms with Gasteiger partial charge in [-0.3, -0.25) is 4.79 Å². The molecule has 0 aromatic rings. The first-order chi connectivity index (χ1) is 4.25. The lowest BCUT2D eigenvalue weighted by atomic mass is 10.2. The van der Waals surface area contributed by atoms with Crippen LogP contribution in [-0.4, -0.2) is 5.78 Å². The number of ketones is 1. The second kappa shape index (κ2) is 2.65. The Morgan fingerprint density at radius 1 is 1.56 bits per heavy atom. The van der Waals surface area contributed by atoms with E-state index < -0.39 is 0 Å². The summed E-state index contributed by atoms with van der Waals surface area (Å²) in [4.78, 5) is 10.8. The highest BCUT2D eigenvalue weighted by molar-refractivity contribution is 9.12. The topological polar surface area (TPSA) is 17.1 Å². The summed E-state index contributed by atoms with van der Waals surface area (Å²) in [7, 11) is 0. The average molecular weight is 189 g/mol. The molecule has 0 aromatic carbocycles. The van der Waals surface area contributed by atoms with E-state index in [1.54, 1.807) is 0 Å². The molecule has 0 aliphatic heterocycles. The Labute approximate surface area is 63.3 Å². The molecule has 1 aliphatic rings. The summed E-state index contributed by atoms with van der Waals surface area (Å²) in [6.07, 6.45) is 2.69. The molecule has 1 rings (SSSR count). The molecule has 0 N–H and O–H groups in total. The van der Waals surface area contributed by atoms with E-state index in [1.165, 1.54) is 5.57 Å². The fourth-order valence-corrected chi connectivity index (χ4v) is 1.69. The lowest BCUT2D eigenvalue weighted by molar-refractivity contribution is -0.114. The van der Waals surface area contributed by atoms with Crippen LogP contribution in [0, 0.1) is 0 Å². The zero-order chi connectivity index (χ0) is 6.85. The summed E-state index contributed by atoms with van der Waals surface area (Å²) < 4.78 is 0.838. The first-order valence-corrected chi connectivity index (χ1v) is 3.95. The molecule has 0 amide bonds. The van der Waals surface area contributed by atoms with Crippen LogP contribution in [0.3, 0.4) is 0 Å². The number of hydrogen-bond donors (Lipinski definition) is 0.